The molecule has 0 saturated carbocycles. The van der Waals surface area contributed by atoms with E-state index < -0.39 is 102 Å². The first-order valence-corrected chi connectivity index (χ1v) is 17.0. The third-order valence-corrected chi connectivity index (χ3v) is 9.38. The molecule has 0 aromatic heterocycles. The molecule has 2 aromatic carbocycles. The lowest BCUT2D eigenvalue weighted by Crippen LogP contribution is -2.71. The number of phenolic OH excluding ortho intramolecular Hbond substituents is 2. The molecule has 1 heterocycles. The van der Waals surface area contributed by atoms with Crippen molar-refractivity contribution in [2.45, 2.75) is 82.6 Å². The second-order valence-electron chi connectivity index (χ2n) is 12.5. The minimum atomic E-state index is -2.27. The maximum absolute atomic E-state index is 14.1. The SMILES string of the molecule is CCOOCC1O[C@@H](OC2CC(O)(/C(C)=N\NC(N)=O)Cc3c(O)c4c(c(O)c32)C(=O)c2c(OC)cccc2C4=O)[C@H](OOCC)[C@@](ON)(OCC)[C@H]1O. The van der Waals surface area contributed by atoms with E-state index in [1.807, 2.05) is 5.43 Å². The molecular weight excluding hydrogens is 720 g/mol. The number of nitrogens with zero attached hydrogens (tertiary/aromatic N) is 1. The van der Waals surface area contributed by atoms with Crippen LogP contribution in [0.3, 0.4) is 0 Å². The van der Waals surface area contributed by atoms with Gasteiger partial charge in [-0.2, -0.15) is 5.10 Å². The van der Waals surface area contributed by atoms with Crippen LogP contribution in [0.5, 0.6) is 17.2 Å². The van der Waals surface area contributed by atoms with Crippen molar-refractivity contribution in [1.82, 2.24) is 5.43 Å². The number of ether oxygens (including phenoxy) is 4. The molecule has 5 rings (SSSR count). The van der Waals surface area contributed by atoms with Gasteiger partial charge in [-0.25, -0.2) is 35.7 Å². The summed E-state index contributed by atoms with van der Waals surface area (Å²) >= 11 is 0. The van der Waals surface area contributed by atoms with Crippen molar-refractivity contribution < 1.29 is 78.1 Å². The van der Waals surface area contributed by atoms with E-state index in [9.17, 15) is 34.8 Å². The Labute approximate surface area is 308 Å². The monoisotopic (exact) mass is 764 g/mol. The van der Waals surface area contributed by atoms with Crippen molar-refractivity contribution in [2.24, 2.45) is 16.7 Å². The number of hydrogen-bond acceptors (Lipinski definition) is 18. The predicted octanol–water partition coefficient (Wildman–Crippen LogP) is 0.675. The number of benzene rings is 2. The molecule has 1 saturated heterocycles. The molecule has 1 aliphatic heterocycles. The van der Waals surface area contributed by atoms with Crippen LogP contribution in [0.25, 0.3) is 0 Å². The summed E-state index contributed by atoms with van der Waals surface area (Å²) in [6.07, 6.45) is -9.11. The van der Waals surface area contributed by atoms with Crippen LogP contribution in [0.4, 0.5) is 4.79 Å². The smallest absolute Gasteiger partial charge is 0.332 e. The molecule has 1 fully saturated rings. The third-order valence-electron chi connectivity index (χ3n) is 9.38. The maximum Gasteiger partial charge on any atom is 0.332 e. The van der Waals surface area contributed by atoms with E-state index in [4.69, 9.17) is 55.0 Å². The number of nitrogens with one attached hydrogen (secondary N) is 1. The number of aliphatic hydroxyl groups is 2. The average Bonchev–Trinajstić information content (AvgIpc) is 3.15. The first kappa shape index (κ1) is 40.9. The molecule has 9 N–H and O–H groups in total. The number of carbonyl (C=O) groups is 3. The number of hydrogen-bond donors (Lipinski definition) is 7. The Bertz CT molecular complexity index is 1790. The fourth-order valence-corrected chi connectivity index (χ4v) is 6.90. The Morgan fingerprint density at radius 1 is 1.04 bits per heavy atom. The van der Waals surface area contributed by atoms with Gasteiger partial charge in [0.2, 0.25) is 11.9 Å². The van der Waals surface area contributed by atoms with E-state index in [1.54, 1.807) is 20.8 Å². The summed E-state index contributed by atoms with van der Waals surface area (Å²) in [5.41, 5.74) is 3.26. The molecule has 0 spiro atoms. The molecule has 2 aromatic rings. The molecule has 20 nitrogen and oxygen atoms in total. The predicted molar refractivity (Wildman–Crippen MR) is 181 cm³/mol. The summed E-state index contributed by atoms with van der Waals surface area (Å²) in [6.45, 7) is 5.76. The zero-order valence-corrected chi connectivity index (χ0v) is 30.2. The minimum Gasteiger partial charge on any atom is -0.507 e. The highest BCUT2D eigenvalue weighted by atomic mass is 17.2. The van der Waals surface area contributed by atoms with Gasteiger partial charge in [0.25, 0.3) is 5.79 Å². The Hall–Kier alpha value is -4.32. The number of urea groups is 1. The molecule has 2 aliphatic carbocycles. The number of rotatable bonds is 15. The van der Waals surface area contributed by atoms with E-state index in [2.05, 4.69) is 5.10 Å². The Kier molecular flexibility index (Phi) is 12.6. The molecule has 296 valence electrons. The molecule has 3 aliphatic rings. The fraction of sp³-hybridized carbons (Fsp3) is 0.529. The second-order valence-corrected chi connectivity index (χ2v) is 12.5. The molecule has 0 bridgehead atoms. The number of nitrogens with two attached hydrogens (primary N) is 2. The normalized spacial score (nSPS) is 27.9. The highest BCUT2D eigenvalue weighted by Crippen LogP contribution is 2.53. The largest absolute Gasteiger partial charge is 0.507 e. The van der Waals surface area contributed by atoms with Gasteiger partial charge in [0.05, 0.1) is 48.8 Å². The standard InChI is InChI=1S/C34H44N4O16/c1-6-47-34(54-36)29(43)20(14-50-48-7-2)52-31(30(34)53-49-8-3)51-19-13-33(45,15(4)37-38-32(35)44)12-17-22(19)28(42)24-23(26(17)40)25(39)16-10-9-11-18(46-5)21(16)27(24)41/h9-11,19-20,29-31,40,42-43,45H,6-8,12-14,36H2,1-5H3,(H3,35,38,44)/b37-15-/t19?,20?,29-,30-,31+,33?,34+/m0/s1. The van der Waals surface area contributed by atoms with Gasteiger partial charge in [0.1, 0.15) is 41.7 Å². The zero-order chi connectivity index (χ0) is 39.5. The van der Waals surface area contributed by atoms with E-state index >= 15 is 0 Å². The molecule has 54 heavy (non-hydrogen) atoms. The second kappa shape index (κ2) is 16.6. The molecular formula is C34H44N4O16. The van der Waals surface area contributed by atoms with Crippen molar-refractivity contribution in [1.29, 1.82) is 0 Å². The highest BCUT2D eigenvalue weighted by molar-refractivity contribution is 6.31. The summed E-state index contributed by atoms with van der Waals surface area (Å²) in [5, 5.41) is 51.4. The zero-order valence-electron chi connectivity index (χ0n) is 30.2. The Morgan fingerprint density at radius 3 is 2.37 bits per heavy atom. The molecule has 3 unspecified atom stereocenters. The van der Waals surface area contributed by atoms with Crippen LogP contribution in [0.2, 0.25) is 0 Å². The van der Waals surface area contributed by atoms with Crippen molar-refractivity contribution in [3.8, 4) is 17.2 Å². The number of methoxy groups -OCH3 is 1. The van der Waals surface area contributed by atoms with Gasteiger partial charge in [-0.05, 0) is 33.8 Å². The molecule has 7 atom stereocenters. The van der Waals surface area contributed by atoms with Crippen LogP contribution < -0.4 is 21.8 Å². The summed E-state index contributed by atoms with van der Waals surface area (Å²) in [5.74, 6) is 0.378. The van der Waals surface area contributed by atoms with Crippen LogP contribution in [0.15, 0.2) is 23.3 Å². The average molecular weight is 765 g/mol. The number of fused-ring (bicyclic) bond motifs is 3. The Morgan fingerprint density at radius 2 is 1.74 bits per heavy atom. The quantitative estimate of drug-likeness (QED) is 0.0279. The van der Waals surface area contributed by atoms with Crippen LogP contribution in [-0.2, 0) is 45.0 Å². The van der Waals surface area contributed by atoms with Crippen molar-refractivity contribution >= 4 is 23.3 Å². The Balaban J connectivity index is 1.72. The van der Waals surface area contributed by atoms with Crippen LogP contribution in [0, 0.1) is 0 Å². The lowest BCUT2D eigenvalue weighted by atomic mass is 9.71. The van der Waals surface area contributed by atoms with Gasteiger partial charge >= 0.3 is 6.03 Å². The molecule has 20 heteroatoms. The van der Waals surface area contributed by atoms with Gasteiger partial charge < -0.3 is 45.1 Å². The van der Waals surface area contributed by atoms with Crippen LogP contribution >= 0.6 is 0 Å². The first-order chi connectivity index (χ1) is 25.7. The number of amides is 2. The lowest BCUT2D eigenvalue weighted by Gasteiger charge is -2.50. The first-order valence-electron chi connectivity index (χ1n) is 17.0. The van der Waals surface area contributed by atoms with Crippen LogP contribution in [0.1, 0.15) is 83.2 Å². The van der Waals surface area contributed by atoms with E-state index in [1.165, 1.54) is 32.2 Å². The maximum atomic E-state index is 14.1. The van der Waals surface area contributed by atoms with E-state index in [0.29, 0.717) is 0 Å². The number of aromatic hydroxyl groups is 2. The fourth-order valence-electron chi connectivity index (χ4n) is 6.90. The van der Waals surface area contributed by atoms with Gasteiger partial charge in [-0.1, -0.05) is 12.1 Å². The molecule has 0 radical (unpaired) electrons. The number of aliphatic hydroxyl groups excluding tert-OH is 1. The van der Waals surface area contributed by atoms with E-state index in [0.717, 1.165) is 0 Å². The highest BCUT2D eigenvalue weighted by Gasteiger charge is 2.62. The summed E-state index contributed by atoms with van der Waals surface area (Å²) in [6, 6.07) is 3.27. The van der Waals surface area contributed by atoms with Gasteiger partial charge in [0, 0.05) is 36.1 Å². The lowest BCUT2D eigenvalue weighted by molar-refractivity contribution is -0.481. The number of ketones is 2. The number of phenols is 2. The summed E-state index contributed by atoms with van der Waals surface area (Å²) in [4.78, 5) is 65.9. The summed E-state index contributed by atoms with van der Waals surface area (Å²) in [7, 11) is 1.30. The minimum absolute atomic E-state index is 0.0284. The molecule has 2 amide bonds. The van der Waals surface area contributed by atoms with Crippen LogP contribution in [-0.4, -0.2) is 113 Å². The van der Waals surface area contributed by atoms with Gasteiger partial charge in [0.15, 0.2) is 12.1 Å². The van der Waals surface area contributed by atoms with Gasteiger partial charge in [-0.3, -0.25) is 14.4 Å². The number of hydrazone groups is 1. The number of primary amides is 1. The summed E-state index contributed by atoms with van der Waals surface area (Å²) < 4.78 is 23.8. The van der Waals surface area contributed by atoms with Crippen molar-refractivity contribution in [3.05, 3.63) is 51.6 Å². The third kappa shape index (κ3) is 7.13. The van der Waals surface area contributed by atoms with Crippen molar-refractivity contribution in [2.75, 3.05) is 33.5 Å². The van der Waals surface area contributed by atoms with E-state index in [-0.39, 0.29) is 53.5 Å². The van der Waals surface area contributed by atoms with Crippen molar-refractivity contribution in [3.63, 3.8) is 0 Å². The number of carbonyl (C=O) groups excluding carboxylic acids is 3. The topological polar surface area (TPSA) is 292 Å². The van der Waals surface area contributed by atoms with Gasteiger partial charge in [-0.15, -0.1) is 0 Å².